The topological polar surface area (TPSA) is 65.7 Å². The van der Waals surface area contributed by atoms with Crippen molar-refractivity contribution in [1.82, 2.24) is 19.5 Å². The normalized spacial score (nSPS) is 18.3. The number of anilines is 1. The number of hydrogen-bond acceptors (Lipinski definition) is 5. The number of aliphatic hydroxyl groups excluding tert-OH is 1. The number of likely N-dealkylation sites (tertiary alicyclic amines) is 1. The number of β-amino-alcohol motifs (C(OH)–C–C–N with tert-alkyl or cyclic N) is 1. The average Bonchev–Trinajstić information content (AvgIpc) is 3.16. The molecule has 6 heteroatoms. The molecular formula is C20H25N5O. The first-order chi connectivity index (χ1) is 12.8. The predicted octanol–water partition coefficient (Wildman–Crippen LogP) is 2.51. The summed E-state index contributed by atoms with van der Waals surface area (Å²) >= 11 is 0. The average molecular weight is 351 g/mol. The molecular weight excluding hydrogens is 326 g/mol. The van der Waals surface area contributed by atoms with Crippen LogP contribution >= 0.6 is 0 Å². The molecule has 0 amide bonds. The zero-order valence-corrected chi connectivity index (χ0v) is 14.9. The molecule has 0 radical (unpaired) electrons. The van der Waals surface area contributed by atoms with E-state index in [0.717, 1.165) is 48.9 Å². The Morgan fingerprint density at radius 1 is 1.19 bits per heavy atom. The van der Waals surface area contributed by atoms with Crippen LogP contribution in [0.2, 0.25) is 0 Å². The van der Waals surface area contributed by atoms with Crippen molar-refractivity contribution in [1.29, 1.82) is 0 Å². The van der Waals surface area contributed by atoms with Gasteiger partial charge in [0.1, 0.15) is 5.82 Å². The molecule has 136 valence electrons. The Kier molecular flexibility index (Phi) is 5.13. The molecule has 1 saturated heterocycles. The molecule has 0 aliphatic carbocycles. The number of aliphatic hydroxyl groups is 1. The van der Waals surface area contributed by atoms with Gasteiger partial charge in [-0.05, 0) is 25.3 Å². The summed E-state index contributed by atoms with van der Waals surface area (Å²) in [5.74, 6) is 1.55. The van der Waals surface area contributed by atoms with Crippen molar-refractivity contribution in [3.63, 3.8) is 0 Å². The molecule has 0 unspecified atom stereocenters. The molecule has 2 aromatic heterocycles. The van der Waals surface area contributed by atoms with E-state index in [9.17, 15) is 5.11 Å². The Balaban J connectivity index is 1.53. The summed E-state index contributed by atoms with van der Waals surface area (Å²) in [7, 11) is 0. The lowest BCUT2D eigenvalue weighted by Crippen LogP contribution is -2.39. The van der Waals surface area contributed by atoms with Crippen LogP contribution in [0.3, 0.4) is 0 Å². The van der Waals surface area contributed by atoms with Gasteiger partial charge in [0.05, 0.1) is 18.5 Å². The van der Waals surface area contributed by atoms with Crippen LogP contribution in [-0.2, 0) is 0 Å². The Labute approximate surface area is 153 Å². The maximum atomic E-state index is 9.17. The monoisotopic (exact) mass is 351 g/mol. The van der Waals surface area contributed by atoms with Gasteiger partial charge in [0, 0.05) is 37.3 Å². The second kappa shape index (κ2) is 7.85. The van der Waals surface area contributed by atoms with Gasteiger partial charge in [-0.25, -0.2) is 4.98 Å². The lowest BCUT2D eigenvalue weighted by Gasteiger charge is -2.32. The highest BCUT2D eigenvalue weighted by atomic mass is 16.3. The second-order valence-corrected chi connectivity index (χ2v) is 6.91. The van der Waals surface area contributed by atoms with Gasteiger partial charge < -0.3 is 15.3 Å². The lowest BCUT2D eigenvalue weighted by molar-refractivity contribution is 0.144. The van der Waals surface area contributed by atoms with Crippen LogP contribution < -0.4 is 5.32 Å². The summed E-state index contributed by atoms with van der Waals surface area (Å²) < 4.78 is 1.86. The molecule has 26 heavy (non-hydrogen) atoms. The van der Waals surface area contributed by atoms with E-state index in [2.05, 4.69) is 33.5 Å². The first-order valence-electron chi connectivity index (χ1n) is 9.31. The van der Waals surface area contributed by atoms with Gasteiger partial charge in [-0.2, -0.15) is 9.61 Å². The zero-order valence-electron chi connectivity index (χ0n) is 14.9. The maximum Gasteiger partial charge on any atom is 0.157 e. The van der Waals surface area contributed by atoms with E-state index in [4.69, 9.17) is 4.98 Å². The van der Waals surface area contributed by atoms with Crippen LogP contribution in [-0.4, -0.2) is 57.4 Å². The minimum absolute atomic E-state index is 0.235. The van der Waals surface area contributed by atoms with Gasteiger partial charge in [0.15, 0.2) is 5.65 Å². The fourth-order valence-electron chi connectivity index (χ4n) is 3.71. The fourth-order valence-corrected chi connectivity index (χ4v) is 3.71. The number of nitrogens with zero attached hydrogens (tertiary/aromatic N) is 4. The molecule has 0 saturated carbocycles. The Morgan fingerprint density at radius 3 is 2.92 bits per heavy atom. The summed E-state index contributed by atoms with van der Waals surface area (Å²) in [4.78, 5) is 7.07. The van der Waals surface area contributed by atoms with Gasteiger partial charge in [-0.15, -0.1) is 0 Å². The summed E-state index contributed by atoms with van der Waals surface area (Å²) in [6.45, 7) is 4.03. The van der Waals surface area contributed by atoms with Crippen molar-refractivity contribution in [3.05, 3.63) is 48.7 Å². The summed E-state index contributed by atoms with van der Waals surface area (Å²) in [6.07, 6.45) is 4.19. The smallest absolute Gasteiger partial charge is 0.157 e. The SMILES string of the molecule is OCCN1CCC[C@H](CNc2cc(-c3ccccc3)nc3ccnn23)C1. The molecule has 2 N–H and O–H groups in total. The molecule has 0 spiro atoms. The van der Waals surface area contributed by atoms with E-state index in [1.807, 2.05) is 28.8 Å². The number of piperidine rings is 1. The summed E-state index contributed by atoms with van der Waals surface area (Å²) in [5, 5.41) is 17.2. The molecule has 4 rings (SSSR count). The Morgan fingerprint density at radius 2 is 2.08 bits per heavy atom. The Hall–Kier alpha value is -2.44. The highest BCUT2D eigenvalue weighted by molar-refractivity contribution is 5.66. The van der Waals surface area contributed by atoms with Gasteiger partial charge in [0.2, 0.25) is 0 Å². The first kappa shape index (κ1) is 17.0. The standard InChI is InChI=1S/C20H25N5O/c26-12-11-24-10-4-5-16(15-24)14-21-20-13-18(17-6-2-1-3-7-17)23-19-8-9-22-25(19)20/h1-3,6-9,13,16,21,26H,4-5,10-12,14-15H2/t16-/m1/s1. The van der Waals surface area contributed by atoms with Crippen molar-refractivity contribution in [3.8, 4) is 11.3 Å². The molecule has 3 aromatic rings. The molecule has 3 heterocycles. The second-order valence-electron chi connectivity index (χ2n) is 6.91. The minimum atomic E-state index is 0.235. The Bertz CT molecular complexity index is 846. The van der Waals surface area contributed by atoms with Gasteiger partial charge >= 0.3 is 0 Å². The van der Waals surface area contributed by atoms with Crippen LogP contribution in [0, 0.1) is 5.92 Å². The van der Waals surface area contributed by atoms with Crippen LogP contribution in [0.4, 0.5) is 5.82 Å². The van der Waals surface area contributed by atoms with Gasteiger partial charge in [-0.1, -0.05) is 30.3 Å². The van der Waals surface area contributed by atoms with Crippen molar-refractivity contribution in [2.24, 2.45) is 5.92 Å². The van der Waals surface area contributed by atoms with E-state index < -0.39 is 0 Å². The van der Waals surface area contributed by atoms with E-state index in [1.54, 1.807) is 6.20 Å². The zero-order chi connectivity index (χ0) is 17.8. The predicted molar refractivity (Wildman–Crippen MR) is 103 cm³/mol. The molecule has 6 nitrogen and oxygen atoms in total. The van der Waals surface area contributed by atoms with E-state index in [0.29, 0.717) is 5.92 Å². The number of aromatic nitrogens is 3. The third-order valence-electron chi connectivity index (χ3n) is 5.02. The number of benzene rings is 1. The third kappa shape index (κ3) is 3.71. The fraction of sp³-hybridized carbons (Fsp3) is 0.400. The lowest BCUT2D eigenvalue weighted by atomic mass is 9.98. The molecule has 1 fully saturated rings. The van der Waals surface area contributed by atoms with Gasteiger partial charge in [-0.3, -0.25) is 0 Å². The van der Waals surface area contributed by atoms with Crippen molar-refractivity contribution in [2.75, 3.05) is 38.1 Å². The third-order valence-corrected chi connectivity index (χ3v) is 5.02. The van der Waals surface area contributed by atoms with E-state index in [-0.39, 0.29) is 6.61 Å². The number of hydrogen-bond donors (Lipinski definition) is 2. The summed E-state index contributed by atoms with van der Waals surface area (Å²) in [6, 6.07) is 14.2. The molecule has 0 bridgehead atoms. The van der Waals surface area contributed by atoms with Crippen molar-refractivity contribution < 1.29 is 5.11 Å². The van der Waals surface area contributed by atoms with Crippen molar-refractivity contribution >= 4 is 11.5 Å². The van der Waals surface area contributed by atoms with Crippen LogP contribution in [0.25, 0.3) is 16.9 Å². The largest absolute Gasteiger partial charge is 0.395 e. The van der Waals surface area contributed by atoms with E-state index >= 15 is 0 Å². The van der Waals surface area contributed by atoms with Crippen molar-refractivity contribution in [2.45, 2.75) is 12.8 Å². The molecule has 1 aliphatic heterocycles. The molecule has 1 atom stereocenters. The van der Waals surface area contributed by atoms with Gasteiger partial charge in [0.25, 0.3) is 0 Å². The van der Waals surface area contributed by atoms with Crippen LogP contribution in [0.5, 0.6) is 0 Å². The minimum Gasteiger partial charge on any atom is -0.395 e. The first-order valence-corrected chi connectivity index (χ1v) is 9.31. The quantitative estimate of drug-likeness (QED) is 0.714. The van der Waals surface area contributed by atoms with Crippen LogP contribution in [0.1, 0.15) is 12.8 Å². The number of rotatable bonds is 6. The molecule has 1 aliphatic rings. The number of nitrogens with one attached hydrogen (secondary N) is 1. The summed E-state index contributed by atoms with van der Waals surface area (Å²) in [5.41, 5.74) is 2.90. The highest BCUT2D eigenvalue weighted by Crippen LogP contribution is 2.23. The highest BCUT2D eigenvalue weighted by Gasteiger charge is 2.19. The maximum absolute atomic E-state index is 9.17. The number of fused-ring (bicyclic) bond motifs is 1. The van der Waals surface area contributed by atoms with Crippen LogP contribution in [0.15, 0.2) is 48.7 Å². The molecule has 1 aromatic carbocycles. The van der Waals surface area contributed by atoms with E-state index in [1.165, 1.54) is 12.8 Å².